The summed E-state index contributed by atoms with van der Waals surface area (Å²) in [5.74, 6) is -0.112. The van der Waals surface area contributed by atoms with Crippen LogP contribution in [0.15, 0.2) is 12.3 Å². The largest absolute Gasteiger partial charge is 0.443 e. The minimum absolute atomic E-state index is 0.100. The zero-order chi connectivity index (χ0) is 20.9. The van der Waals surface area contributed by atoms with Gasteiger partial charge >= 0.3 is 6.09 Å². The van der Waals surface area contributed by atoms with Crippen molar-refractivity contribution in [3.8, 4) is 0 Å². The van der Waals surface area contributed by atoms with E-state index in [1.165, 1.54) is 28.7 Å². The Kier molecular flexibility index (Phi) is 5.01. The van der Waals surface area contributed by atoms with E-state index in [2.05, 4.69) is 15.4 Å². The molecule has 0 bridgehead atoms. The molecule has 9 nitrogen and oxygen atoms in total. The number of rotatable bonds is 3. The topological polar surface area (TPSA) is 109 Å². The SMILES string of the molecule is CN(C(=O)OC(C)(C)C)c1cc(Cl)nc2c(C(=O)NC3CC[C@]3(C)O)cnn12. The molecule has 1 unspecified atom stereocenters. The summed E-state index contributed by atoms with van der Waals surface area (Å²) in [6, 6.07) is 1.13. The van der Waals surface area contributed by atoms with Gasteiger partial charge in [0.2, 0.25) is 0 Å². The number of fused-ring (bicyclic) bond motifs is 1. The fourth-order valence-electron chi connectivity index (χ4n) is 2.91. The maximum Gasteiger partial charge on any atom is 0.415 e. The van der Waals surface area contributed by atoms with Crippen LogP contribution in [0.1, 0.15) is 50.9 Å². The quantitative estimate of drug-likeness (QED) is 0.753. The van der Waals surface area contributed by atoms with Gasteiger partial charge in [0.15, 0.2) is 5.65 Å². The summed E-state index contributed by atoms with van der Waals surface area (Å²) in [6.45, 7) is 6.97. The number of ether oxygens (including phenoxy) is 1. The van der Waals surface area contributed by atoms with Crippen LogP contribution in [0.25, 0.3) is 5.65 Å². The van der Waals surface area contributed by atoms with Crippen LogP contribution in [0.5, 0.6) is 0 Å². The minimum atomic E-state index is -0.925. The number of carbonyl (C=O) groups is 2. The number of nitrogens with zero attached hydrogens (tertiary/aromatic N) is 4. The van der Waals surface area contributed by atoms with E-state index < -0.39 is 23.2 Å². The van der Waals surface area contributed by atoms with Gasteiger partial charge in [0.25, 0.3) is 5.91 Å². The molecular formula is C18H24ClN5O4. The molecule has 0 aromatic carbocycles. The zero-order valence-corrected chi connectivity index (χ0v) is 17.2. The van der Waals surface area contributed by atoms with Crippen molar-refractivity contribution in [2.45, 2.75) is 57.8 Å². The maximum atomic E-state index is 12.7. The van der Waals surface area contributed by atoms with Crippen LogP contribution in [0.4, 0.5) is 10.6 Å². The number of halogens is 1. The lowest BCUT2D eigenvalue weighted by Gasteiger charge is -2.42. The Morgan fingerprint density at radius 2 is 2.14 bits per heavy atom. The molecule has 1 aliphatic rings. The Balaban J connectivity index is 1.92. The summed E-state index contributed by atoms with van der Waals surface area (Å²) >= 11 is 6.13. The van der Waals surface area contributed by atoms with Crippen molar-refractivity contribution in [1.29, 1.82) is 0 Å². The fourth-order valence-corrected chi connectivity index (χ4v) is 3.09. The monoisotopic (exact) mass is 409 g/mol. The number of carbonyl (C=O) groups excluding carboxylic acids is 2. The molecule has 0 radical (unpaired) electrons. The maximum absolute atomic E-state index is 12.7. The Labute approximate surface area is 167 Å². The van der Waals surface area contributed by atoms with Gasteiger partial charge in [-0.15, -0.1) is 0 Å². The van der Waals surface area contributed by atoms with E-state index in [0.717, 1.165) is 0 Å². The highest BCUT2D eigenvalue weighted by atomic mass is 35.5. The molecule has 2 aromatic rings. The van der Waals surface area contributed by atoms with Gasteiger partial charge in [-0.25, -0.2) is 9.78 Å². The highest BCUT2D eigenvalue weighted by Crippen LogP contribution is 2.32. The number of aromatic nitrogens is 3. The number of nitrogens with one attached hydrogen (secondary N) is 1. The molecule has 1 saturated carbocycles. The van der Waals surface area contributed by atoms with Crippen LogP contribution >= 0.6 is 11.6 Å². The lowest BCUT2D eigenvalue weighted by molar-refractivity contribution is -0.0486. The van der Waals surface area contributed by atoms with Crippen LogP contribution in [0, 0.1) is 0 Å². The smallest absolute Gasteiger partial charge is 0.415 e. The van der Waals surface area contributed by atoms with E-state index in [0.29, 0.717) is 18.7 Å². The summed E-state index contributed by atoms with van der Waals surface area (Å²) in [4.78, 5) is 30.5. The summed E-state index contributed by atoms with van der Waals surface area (Å²) < 4.78 is 6.72. The molecular weight excluding hydrogens is 386 g/mol. The number of anilines is 1. The molecule has 2 aromatic heterocycles. The molecule has 2 heterocycles. The van der Waals surface area contributed by atoms with Crippen molar-refractivity contribution in [1.82, 2.24) is 19.9 Å². The Hall–Kier alpha value is -2.39. The first-order chi connectivity index (χ1) is 12.9. The van der Waals surface area contributed by atoms with Gasteiger partial charge in [0.05, 0.1) is 17.8 Å². The van der Waals surface area contributed by atoms with Gasteiger partial charge in [-0.2, -0.15) is 9.61 Å². The van der Waals surface area contributed by atoms with E-state index in [9.17, 15) is 14.7 Å². The molecule has 1 aliphatic carbocycles. The molecule has 0 saturated heterocycles. The molecule has 10 heteroatoms. The van der Waals surface area contributed by atoms with Gasteiger partial charge < -0.3 is 15.2 Å². The van der Waals surface area contributed by atoms with Crippen molar-refractivity contribution < 1.29 is 19.4 Å². The zero-order valence-electron chi connectivity index (χ0n) is 16.5. The molecule has 152 valence electrons. The summed E-state index contributed by atoms with van der Waals surface area (Å²) in [5, 5.41) is 17.2. The van der Waals surface area contributed by atoms with E-state index in [4.69, 9.17) is 16.3 Å². The van der Waals surface area contributed by atoms with E-state index in [1.807, 2.05) is 0 Å². The minimum Gasteiger partial charge on any atom is -0.443 e. The third-order valence-electron chi connectivity index (χ3n) is 4.67. The van der Waals surface area contributed by atoms with Gasteiger partial charge in [-0.05, 0) is 40.5 Å². The molecule has 0 spiro atoms. The van der Waals surface area contributed by atoms with Gasteiger partial charge in [-0.1, -0.05) is 11.6 Å². The summed E-state index contributed by atoms with van der Waals surface area (Å²) in [7, 11) is 1.52. The van der Waals surface area contributed by atoms with Crippen LogP contribution in [-0.4, -0.2) is 56.0 Å². The van der Waals surface area contributed by atoms with Crippen molar-refractivity contribution in [3.05, 3.63) is 23.0 Å². The Morgan fingerprint density at radius 1 is 1.46 bits per heavy atom. The molecule has 3 rings (SSSR count). The molecule has 2 atom stereocenters. The molecule has 1 fully saturated rings. The normalized spacial score (nSPS) is 21.9. The van der Waals surface area contributed by atoms with Crippen LogP contribution in [0.2, 0.25) is 5.15 Å². The van der Waals surface area contributed by atoms with Crippen molar-refractivity contribution in [2.24, 2.45) is 0 Å². The highest BCUT2D eigenvalue weighted by molar-refractivity contribution is 6.30. The van der Waals surface area contributed by atoms with Gasteiger partial charge in [0.1, 0.15) is 22.1 Å². The second kappa shape index (κ2) is 6.89. The molecule has 2 amide bonds. The molecule has 2 N–H and O–H groups in total. The fraction of sp³-hybridized carbons (Fsp3) is 0.556. The summed E-state index contributed by atoms with van der Waals surface area (Å²) in [5.41, 5.74) is -1.19. The summed E-state index contributed by atoms with van der Waals surface area (Å²) in [6.07, 6.45) is 2.08. The number of aliphatic hydroxyl groups is 1. The number of hydrogen-bond donors (Lipinski definition) is 2. The van der Waals surface area contributed by atoms with E-state index in [1.54, 1.807) is 27.7 Å². The first kappa shape index (κ1) is 20.3. The number of amides is 2. The highest BCUT2D eigenvalue weighted by Gasteiger charge is 2.42. The van der Waals surface area contributed by atoms with Gasteiger partial charge in [0, 0.05) is 13.1 Å². The third kappa shape index (κ3) is 3.90. The second-order valence-corrected chi connectivity index (χ2v) is 8.58. The molecule has 0 aliphatic heterocycles. The first-order valence-corrected chi connectivity index (χ1v) is 9.31. The predicted molar refractivity (Wildman–Crippen MR) is 104 cm³/mol. The molecule has 28 heavy (non-hydrogen) atoms. The standard InChI is InChI=1S/C18H24ClN5O4/c1-17(2,3)28-16(26)23(5)13-8-12(19)22-14-10(9-20-24(13)14)15(25)21-11-6-7-18(11,4)27/h8-9,11,27H,6-7H2,1-5H3,(H,21,25)/t11?,18-/m0/s1. The second-order valence-electron chi connectivity index (χ2n) is 8.19. The average Bonchev–Trinajstić information content (AvgIpc) is 2.99. The predicted octanol–water partition coefficient (Wildman–Crippen LogP) is 2.40. The van der Waals surface area contributed by atoms with E-state index in [-0.39, 0.29) is 22.4 Å². The van der Waals surface area contributed by atoms with Crippen LogP contribution in [0.3, 0.4) is 0 Å². The van der Waals surface area contributed by atoms with Crippen molar-refractivity contribution >= 4 is 35.1 Å². The van der Waals surface area contributed by atoms with E-state index >= 15 is 0 Å². The first-order valence-electron chi connectivity index (χ1n) is 8.93. The Morgan fingerprint density at radius 3 is 2.68 bits per heavy atom. The van der Waals surface area contributed by atoms with Gasteiger partial charge in [-0.3, -0.25) is 9.69 Å². The Bertz CT molecular complexity index is 934. The van der Waals surface area contributed by atoms with Crippen molar-refractivity contribution in [2.75, 3.05) is 11.9 Å². The number of hydrogen-bond acceptors (Lipinski definition) is 6. The third-order valence-corrected chi connectivity index (χ3v) is 4.87. The van der Waals surface area contributed by atoms with Crippen molar-refractivity contribution in [3.63, 3.8) is 0 Å². The average molecular weight is 410 g/mol. The van der Waals surface area contributed by atoms with Crippen LogP contribution < -0.4 is 10.2 Å². The lowest BCUT2D eigenvalue weighted by Crippen LogP contribution is -2.58. The van der Waals surface area contributed by atoms with Crippen LogP contribution in [-0.2, 0) is 4.74 Å². The lowest BCUT2D eigenvalue weighted by atomic mass is 9.76.